The van der Waals surface area contributed by atoms with Crippen LogP contribution >= 0.6 is 0 Å². The fourth-order valence-electron chi connectivity index (χ4n) is 2.36. The highest BCUT2D eigenvalue weighted by molar-refractivity contribution is 7.91. The molecule has 0 bridgehead atoms. The van der Waals surface area contributed by atoms with Crippen LogP contribution < -0.4 is 11.3 Å². The molecular weight excluding hydrogens is 296 g/mol. The first-order valence-corrected chi connectivity index (χ1v) is 8.40. The molecule has 21 heavy (non-hydrogen) atoms. The van der Waals surface area contributed by atoms with E-state index in [9.17, 15) is 18.5 Å². The van der Waals surface area contributed by atoms with Crippen molar-refractivity contribution in [3.8, 4) is 0 Å². The summed E-state index contributed by atoms with van der Waals surface area (Å²) >= 11 is 0. The van der Waals surface area contributed by atoms with Gasteiger partial charge in [0.15, 0.2) is 9.84 Å². The van der Waals surface area contributed by atoms with Crippen LogP contribution in [0.15, 0.2) is 18.2 Å². The second-order valence-electron chi connectivity index (χ2n) is 5.03. The van der Waals surface area contributed by atoms with E-state index in [-0.39, 0.29) is 22.9 Å². The number of nitro groups is 1. The van der Waals surface area contributed by atoms with E-state index >= 15 is 0 Å². The Labute approximate surface area is 123 Å². The number of nitrogen functional groups attached to an aromatic ring is 1. The highest BCUT2D eigenvalue weighted by atomic mass is 32.2. The third kappa shape index (κ3) is 4.13. The molecule has 0 atom stereocenters. The molecule has 1 fully saturated rings. The predicted molar refractivity (Wildman–Crippen MR) is 79.5 cm³/mol. The van der Waals surface area contributed by atoms with Gasteiger partial charge in [-0.05, 0) is 24.6 Å². The molecule has 0 radical (unpaired) electrons. The number of nitrogens with two attached hydrogens (primary N) is 1. The van der Waals surface area contributed by atoms with Crippen molar-refractivity contribution in [1.82, 2.24) is 4.90 Å². The Bertz CT molecular complexity index is 632. The third-order valence-electron chi connectivity index (χ3n) is 3.47. The molecular formula is C12H18N4O4S. The van der Waals surface area contributed by atoms with Gasteiger partial charge < -0.3 is 5.43 Å². The quantitative estimate of drug-likeness (QED) is 0.472. The summed E-state index contributed by atoms with van der Waals surface area (Å²) in [6.45, 7) is 1.61. The van der Waals surface area contributed by atoms with Gasteiger partial charge in [0.25, 0.3) is 5.69 Å². The molecule has 1 aliphatic rings. The highest BCUT2D eigenvalue weighted by Gasteiger charge is 2.20. The fraction of sp³-hybridized carbons (Fsp3) is 0.500. The number of nitrogens with zero attached hydrogens (tertiary/aromatic N) is 2. The zero-order chi connectivity index (χ0) is 15.5. The van der Waals surface area contributed by atoms with Gasteiger partial charge in [-0.15, -0.1) is 0 Å². The third-order valence-corrected chi connectivity index (χ3v) is 5.18. The minimum atomic E-state index is -2.95. The van der Waals surface area contributed by atoms with Crippen molar-refractivity contribution in [3.05, 3.63) is 33.9 Å². The van der Waals surface area contributed by atoms with Gasteiger partial charge in [0, 0.05) is 19.2 Å². The highest BCUT2D eigenvalue weighted by Crippen LogP contribution is 2.25. The Hall–Kier alpha value is -1.71. The van der Waals surface area contributed by atoms with Gasteiger partial charge in [0.2, 0.25) is 0 Å². The fourth-order valence-corrected chi connectivity index (χ4v) is 3.66. The van der Waals surface area contributed by atoms with Crippen LogP contribution in [0.5, 0.6) is 0 Å². The van der Waals surface area contributed by atoms with Crippen molar-refractivity contribution in [2.75, 3.05) is 30.0 Å². The van der Waals surface area contributed by atoms with Crippen LogP contribution in [0.3, 0.4) is 0 Å². The summed E-state index contributed by atoms with van der Waals surface area (Å²) < 4.78 is 23.1. The van der Waals surface area contributed by atoms with Crippen molar-refractivity contribution in [2.24, 2.45) is 5.84 Å². The second-order valence-corrected chi connectivity index (χ2v) is 7.34. The first-order valence-electron chi connectivity index (χ1n) is 6.58. The predicted octanol–water partition coefficient (Wildman–Crippen LogP) is 0.501. The average molecular weight is 314 g/mol. The zero-order valence-electron chi connectivity index (χ0n) is 11.5. The summed E-state index contributed by atoms with van der Waals surface area (Å²) in [6, 6.07) is 4.78. The molecule has 1 saturated heterocycles. The molecule has 1 heterocycles. The summed E-state index contributed by atoms with van der Waals surface area (Å²) in [5, 5.41) is 11.0. The molecule has 3 N–H and O–H groups in total. The van der Waals surface area contributed by atoms with Gasteiger partial charge in [-0.25, -0.2) is 8.42 Å². The maximum absolute atomic E-state index is 11.6. The van der Waals surface area contributed by atoms with Gasteiger partial charge >= 0.3 is 0 Å². The average Bonchev–Trinajstić information content (AvgIpc) is 2.60. The van der Waals surface area contributed by atoms with Gasteiger partial charge in [-0.1, -0.05) is 6.07 Å². The molecule has 1 aliphatic heterocycles. The normalized spacial score (nSPS) is 18.9. The number of nitro benzene ring substituents is 1. The summed E-state index contributed by atoms with van der Waals surface area (Å²) in [5.41, 5.74) is 3.22. The van der Waals surface area contributed by atoms with Crippen LogP contribution in [0.25, 0.3) is 0 Å². The van der Waals surface area contributed by atoms with E-state index in [0.29, 0.717) is 26.1 Å². The maximum Gasteiger partial charge on any atom is 0.293 e. The SMILES string of the molecule is NNc1ccc(CN2CCCS(=O)(=O)CC2)cc1[N+](=O)[O-]. The van der Waals surface area contributed by atoms with Crippen LogP contribution in [0.4, 0.5) is 11.4 Å². The van der Waals surface area contributed by atoms with Crippen molar-refractivity contribution in [2.45, 2.75) is 13.0 Å². The molecule has 8 nitrogen and oxygen atoms in total. The molecule has 2 rings (SSSR count). The molecule has 1 aromatic rings. The van der Waals surface area contributed by atoms with Gasteiger partial charge in [-0.2, -0.15) is 0 Å². The van der Waals surface area contributed by atoms with E-state index in [1.165, 1.54) is 6.07 Å². The van der Waals surface area contributed by atoms with Gasteiger partial charge in [0.1, 0.15) is 5.69 Å². The molecule has 0 amide bonds. The second kappa shape index (κ2) is 6.37. The molecule has 116 valence electrons. The molecule has 0 unspecified atom stereocenters. The molecule has 0 aliphatic carbocycles. The summed E-state index contributed by atoms with van der Waals surface area (Å²) in [7, 11) is -2.95. The summed E-state index contributed by atoms with van der Waals surface area (Å²) in [4.78, 5) is 12.5. The smallest absolute Gasteiger partial charge is 0.293 e. The van der Waals surface area contributed by atoms with E-state index in [0.717, 1.165) is 5.56 Å². The molecule has 9 heteroatoms. The Morgan fingerprint density at radius 3 is 2.76 bits per heavy atom. The van der Waals surface area contributed by atoms with Crippen molar-refractivity contribution in [3.63, 3.8) is 0 Å². The Morgan fingerprint density at radius 2 is 2.10 bits per heavy atom. The topological polar surface area (TPSA) is 119 Å². The van der Waals surface area contributed by atoms with E-state index in [2.05, 4.69) is 5.43 Å². The number of benzene rings is 1. The maximum atomic E-state index is 11.6. The lowest BCUT2D eigenvalue weighted by atomic mass is 10.1. The van der Waals surface area contributed by atoms with Crippen molar-refractivity contribution < 1.29 is 13.3 Å². The summed E-state index contributed by atoms with van der Waals surface area (Å²) in [6.07, 6.45) is 0.590. The lowest BCUT2D eigenvalue weighted by Crippen LogP contribution is -2.26. The van der Waals surface area contributed by atoms with Crippen LogP contribution in [-0.4, -0.2) is 42.8 Å². The van der Waals surface area contributed by atoms with Crippen molar-refractivity contribution >= 4 is 21.2 Å². The molecule has 0 saturated carbocycles. The number of hydrazine groups is 1. The number of anilines is 1. The zero-order valence-corrected chi connectivity index (χ0v) is 12.3. The monoisotopic (exact) mass is 314 g/mol. The Morgan fingerprint density at radius 1 is 1.33 bits per heavy atom. The Balaban J connectivity index is 2.12. The Kier molecular flexibility index (Phi) is 4.76. The van der Waals surface area contributed by atoms with Crippen LogP contribution in [0, 0.1) is 10.1 Å². The van der Waals surface area contributed by atoms with Crippen LogP contribution in [0.1, 0.15) is 12.0 Å². The number of hydrogen-bond donors (Lipinski definition) is 2. The van der Waals surface area contributed by atoms with Gasteiger partial charge in [0.05, 0.1) is 16.4 Å². The lowest BCUT2D eigenvalue weighted by molar-refractivity contribution is -0.384. The summed E-state index contributed by atoms with van der Waals surface area (Å²) in [5.74, 6) is 5.59. The van der Waals surface area contributed by atoms with E-state index < -0.39 is 14.8 Å². The van der Waals surface area contributed by atoms with Crippen LogP contribution in [-0.2, 0) is 16.4 Å². The van der Waals surface area contributed by atoms with Crippen molar-refractivity contribution in [1.29, 1.82) is 0 Å². The molecule has 0 spiro atoms. The standard InChI is InChI=1S/C12H18N4O4S/c13-14-11-3-2-10(8-12(11)16(17)18)9-15-4-1-6-21(19,20)7-5-15/h2-3,8,14H,1,4-7,9,13H2. The van der Waals surface area contributed by atoms with Gasteiger partial charge in [-0.3, -0.25) is 20.9 Å². The molecule has 0 aromatic heterocycles. The number of nitrogens with one attached hydrogen (secondary N) is 1. The largest absolute Gasteiger partial charge is 0.318 e. The first kappa shape index (κ1) is 15.7. The first-order chi connectivity index (χ1) is 9.91. The van der Waals surface area contributed by atoms with Crippen LogP contribution in [0.2, 0.25) is 0 Å². The number of sulfone groups is 1. The lowest BCUT2D eigenvalue weighted by Gasteiger charge is -2.19. The van der Waals surface area contributed by atoms with E-state index in [1.807, 2.05) is 4.90 Å². The number of rotatable bonds is 4. The minimum absolute atomic E-state index is 0.0857. The number of hydrogen-bond acceptors (Lipinski definition) is 7. The molecule has 1 aromatic carbocycles. The minimum Gasteiger partial charge on any atom is -0.318 e. The van der Waals surface area contributed by atoms with E-state index in [1.54, 1.807) is 12.1 Å². The van der Waals surface area contributed by atoms with E-state index in [4.69, 9.17) is 5.84 Å².